The molecule has 0 saturated carbocycles. The van der Waals surface area contributed by atoms with Gasteiger partial charge in [0.2, 0.25) is 0 Å². The van der Waals surface area contributed by atoms with Crippen molar-refractivity contribution >= 4 is 22.6 Å². The maximum atomic E-state index is 12.9. The summed E-state index contributed by atoms with van der Waals surface area (Å²) in [5.74, 6) is 0. The maximum absolute atomic E-state index is 12.9. The summed E-state index contributed by atoms with van der Waals surface area (Å²) in [7, 11) is 0. The molecule has 1 aromatic rings. The molecule has 0 aliphatic carbocycles. The standard InChI is InChI=1S/C9H6F5I/c1-5-6(8(10,11)12)3-2-4-7(5)9(13,14)15/h2-4H,1H3. The molecule has 0 aromatic heterocycles. The predicted octanol–water partition coefficient (Wildman–Crippen LogP) is 4.50. The van der Waals surface area contributed by atoms with Crippen molar-refractivity contribution in [3.05, 3.63) is 34.9 Å². The second-order valence-corrected chi connectivity index (χ2v) is 4.33. The first kappa shape index (κ1) is 12.7. The molecule has 0 saturated heterocycles. The first-order valence-electron chi connectivity index (χ1n) is 3.88. The van der Waals surface area contributed by atoms with Crippen molar-refractivity contribution < 1.29 is 22.0 Å². The van der Waals surface area contributed by atoms with Crippen LogP contribution >= 0.6 is 22.6 Å². The van der Waals surface area contributed by atoms with E-state index in [9.17, 15) is 22.0 Å². The van der Waals surface area contributed by atoms with E-state index in [1.54, 1.807) is 0 Å². The second-order valence-electron chi connectivity index (χ2n) is 2.97. The molecule has 1 rings (SSSR count). The fourth-order valence-electron chi connectivity index (χ4n) is 1.25. The van der Waals surface area contributed by atoms with Crippen molar-refractivity contribution in [2.24, 2.45) is 0 Å². The third-order valence-corrected chi connectivity index (χ3v) is 2.53. The molecule has 0 N–H and O–H groups in total. The lowest BCUT2D eigenvalue weighted by Gasteiger charge is -2.16. The SMILES string of the molecule is Cc1c(C(F)(F)F)cccc1C(F)(F)I. The van der Waals surface area contributed by atoms with E-state index in [4.69, 9.17) is 0 Å². The fourth-order valence-corrected chi connectivity index (χ4v) is 1.83. The van der Waals surface area contributed by atoms with Gasteiger partial charge in [0.05, 0.1) is 5.56 Å². The van der Waals surface area contributed by atoms with Gasteiger partial charge in [-0.1, -0.05) is 12.1 Å². The second kappa shape index (κ2) is 3.88. The third kappa shape index (κ3) is 2.79. The van der Waals surface area contributed by atoms with Crippen molar-refractivity contribution in [2.45, 2.75) is 17.0 Å². The zero-order valence-electron chi connectivity index (χ0n) is 7.50. The third-order valence-electron chi connectivity index (χ3n) is 1.94. The van der Waals surface area contributed by atoms with Gasteiger partial charge in [0, 0.05) is 28.2 Å². The lowest BCUT2D eigenvalue weighted by atomic mass is 10.0. The van der Waals surface area contributed by atoms with E-state index >= 15 is 0 Å². The number of rotatable bonds is 1. The van der Waals surface area contributed by atoms with Gasteiger partial charge in [0.15, 0.2) is 0 Å². The van der Waals surface area contributed by atoms with E-state index in [0.29, 0.717) is 0 Å². The van der Waals surface area contributed by atoms with Crippen LogP contribution in [0.1, 0.15) is 16.7 Å². The molecule has 6 heteroatoms. The number of hydrogen-bond donors (Lipinski definition) is 0. The highest BCUT2D eigenvalue weighted by Crippen LogP contribution is 2.41. The maximum Gasteiger partial charge on any atom is 0.416 e. The Morgan fingerprint density at radius 3 is 1.87 bits per heavy atom. The van der Waals surface area contributed by atoms with Gasteiger partial charge < -0.3 is 0 Å². The van der Waals surface area contributed by atoms with Gasteiger partial charge >= 0.3 is 10.1 Å². The first-order valence-corrected chi connectivity index (χ1v) is 4.96. The van der Waals surface area contributed by atoms with Crippen molar-refractivity contribution in [2.75, 3.05) is 0 Å². The van der Waals surface area contributed by atoms with E-state index in [2.05, 4.69) is 0 Å². The normalized spacial score (nSPS) is 13.0. The number of alkyl halides is 6. The first-order chi connectivity index (χ1) is 6.64. The number of hydrogen-bond acceptors (Lipinski definition) is 0. The molecular formula is C9H6F5I. The Morgan fingerprint density at radius 1 is 1.00 bits per heavy atom. The van der Waals surface area contributed by atoms with E-state index in [1.807, 2.05) is 0 Å². The Labute approximate surface area is 96.6 Å². The van der Waals surface area contributed by atoms with Gasteiger partial charge in [0.1, 0.15) is 0 Å². The minimum Gasteiger partial charge on any atom is -0.189 e. The van der Waals surface area contributed by atoms with E-state index in [-0.39, 0.29) is 0 Å². The minimum absolute atomic E-state index is 0.426. The van der Waals surface area contributed by atoms with Gasteiger partial charge in [-0.3, -0.25) is 0 Å². The number of halogens is 6. The molecule has 0 heterocycles. The van der Waals surface area contributed by atoms with E-state index in [0.717, 1.165) is 47.7 Å². The molecule has 0 aliphatic heterocycles. The van der Waals surface area contributed by atoms with Crippen molar-refractivity contribution in [1.82, 2.24) is 0 Å². The van der Waals surface area contributed by atoms with Crippen molar-refractivity contribution in [1.29, 1.82) is 0 Å². The summed E-state index contributed by atoms with van der Waals surface area (Å²) in [6.45, 7) is 1.05. The summed E-state index contributed by atoms with van der Waals surface area (Å²) in [6, 6.07) is 2.77. The van der Waals surface area contributed by atoms with Crippen molar-refractivity contribution in [3.63, 3.8) is 0 Å². The molecule has 0 amide bonds. The molecule has 0 nitrogen and oxygen atoms in total. The van der Waals surface area contributed by atoms with Crippen LogP contribution in [0.4, 0.5) is 22.0 Å². The zero-order valence-corrected chi connectivity index (χ0v) is 9.66. The summed E-state index contributed by atoms with van der Waals surface area (Å²) < 4.78 is 59.6. The Hall–Kier alpha value is -0.400. The largest absolute Gasteiger partial charge is 0.416 e. The van der Waals surface area contributed by atoms with E-state index < -0.39 is 26.8 Å². The van der Waals surface area contributed by atoms with Crippen molar-refractivity contribution in [3.8, 4) is 0 Å². The van der Waals surface area contributed by atoms with Gasteiger partial charge in [-0.2, -0.15) is 22.0 Å². The summed E-state index contributed by atoms with van der Waals surface area (Å²) >= 11 is 0.812. The summed E-state index contributed by atoms with van der Waals surface area (Å²) in [4.78, 5) is 0. The summed E-state index contributed by atoms with van der Waals surface area (Å²) in [5.41, 5.74) is -2.04. The topological polar surface area (TPSA) is 0 Å². The van der Waals surface area contributed by atoms with Gasteiger partial charge in [-0.15, -0.1) is 0 Å². The molecule has 0 radical (unpaired) electrons. The van der Waals surface area contributed by atoms with Crippen LogP contribution < -0.4 is 0 Å². The molecule has 0 fully saturated rings. The quantitative estimate of drug-likeness (QED) is 0.403. The van der Waals surface area contributed by atoms with Crippen LogP contribution in [-0.4, -0.2) is 0 Å². The van der Waals surface area contributed by atoms with Gasteiger partial charge in [-0.25, -0.2) is 0 Å². The Balaban J connectivity index is 3.37. The summed E-state index contributed by atoms with van der Waals surface area (Å²) in [6.07, 6.45) is -4.60. The molecule has 0 bridgehead atoms. The average Bonchev–Trinajstić information content (AvgIpc) is 1.99. The highest BCUT2D eigenvalue weighted by Gasteiger charge is 2.37. The number of benzene rings is 1. The Morgan fingerprint density at radius 2 is 1.47 bits per heavy atom. The minimum atomic E-state index is -4.60. The molecule has 0 spiro atoms. The van der Waals surface area contributed by atoms with Crippen LogP contribution in [0.3, 0.4) is 0 Å². The fraction of sp³-hybridized carbons (Fsp3) is 0.333. The lowest BCUT2D eigenvalue weighted by molar-refractivity contribution is -0.138. The molecule has 0 atom stereocenters. The molecule has 15 heavy (non-hydrogen) atoms. The van der Waals surface area contributed by atoms with Gasteiger partial charge in [0.25, 0.3) is 0 Å². The smallest absolute Gasteiger partial charge is 0.189 e. The Bertz CT molecular complexity index is 331. The molecular weight excluding hydrogens is 330 g/mol. The monoisotopic (exact) mass is 336 g/mol. The highest BCUT2D eigenvalue weighted by molar-refractivity contribution is 14.1. The molecule has 0 unspecified atom stereocenters. The molecule has 84 valence electrons. The molecule has 1 aromatic carbocycles. The van der Waals surface area contributed by atoms with Crippen LogP contribution in [-0.2, 0) is 10.1 Å². The average molecular weight is 336 g/mol. The van der Waals surface area contributed by atoms with Crippen LogP contribution in [0.2, 0.25) is 0 Å². The van der Waals surface area contributed by atoms with Crippen LogP contribution in [0.5, 0.6) is 0 Å². The lowest BCUT2D eigenvalue weighted by Crippen LogP contribution is -2.13. The zero-order chi connectivity index (χ0) is 11.9. The van der Waals surface area contributed by atoms with Crippen LogP contribution in [0.25, 0.3) is 0 Å². The van der Waals surface area contributed by atoms with Crippen LogP contribution in [0.15, 0.2) is 18.2 Å². The van der Waals surface area contributed by atoms with Crippen LogP contribution in [0, 0.1) is 6.92 Å². The van der Waals surface area contributed by atoms with E-state index in [1.165, 1.54) is 0 Å². The Kier molecular flexibility index (Phi) is 3.27. The van der Waals surface area contributed by atoms with Gasteiger partial charge in [-0.05, 0) is 18.6 Å². The predicted molar refractivity (Wildman–Crippen MR) is 54.1 cm³/mol. The summed E-state index contributed by atoms with van der Waals surface area (Å²) in [5, 5.41) is 0. The highest BCUT2D eigenvalue weighted by atomic mass is 127. The molecule has 0 aliphatic rings.